The van der Waals surface area contributed by atoms with E-state index >= 15 is 0 Å². The van der Waals surface area contributed by atoms with Crippen molar-refractivity contribution in [2.45, 2.75) is 31.8 Å². The summed E-state index contributed by atoms with van der Waals surface area (Å²) >= 11 is 0. The standard InChI is InChI=1S/C14H22N2O/c1-11(16-13-4-3-9-15-10-13)12-5-7-14(17-2)8-6-12/h5-8,11,13,15-16H,3-4,9-10H2,1-2H3. The van der Waals surface area contributed by atoms with Gasteiger partial charge in [-0.1, -0.05) is 12.1 Å². The SMILES string of the molecule is COc1ccc(C(C)NC2CCCNC2)cc1. The summed E-state index contributed by atoms with van der Waals surface area (Å²) in [6, 6.07) is 9.30. The third kappa shape index (κ3) is 3.45. The number of piperidine rings is 1. The quantitative estimate of drug-likeness (QED) is 0.837. The molecule has 0 aromatic heterocycles. The van der Waals surface area contributed by atoms with E-state index in [1.54, 1.807) is 7.11 Å². The molecule has 2 N–H and O–H groups in total. The molecule has 0 amide bonds. The molecule has 2 atom stereocenters. The Kier molecular flexibility index (Phi) is 4.40. The summed E-state index contributed by atoms with van der Waals surface area (Å²) in [6.45, 7) is 4.46. The van der Waals surface area contributed by atoms with Gasteiger partial charge in [0.15, 0.2) is 0 Å². The van der Waals surface area contributed by atoms with Crippen molar-refractivity contribution < 1.29 is 4.74 Å². The van der Waals surface area contributed by atoms with Gasteiger partial charge in [-0.05, 0) is 44.0 Å². The van der Waals surface area contributed by atoms with Gasteiger partial charge < -0.3 is 15.4 Å². The molecule has 1 aromatic carbocycles. The van der Waals surface area contributed by atoms with Crippen molar-refractivity contribution in [2.24, 2.45) is 0 Å². The Bertz CT molecular complexity index is 331. The molecule has 0 spiro atoms. The highest BCUT2D eigenvalue weighted by atomic mass is 16.5. The maximum Gasteiger partial charge on any atom is 0.118 e. The minimum absolute atomic E-state index is 0.394. The largest absolute Gasteiger partial charge is 0.497 e. The maximum atomic E-state index is 5.17. The first-order valence-corrected chi connectivity index (χ1v) is 6.40. The second-order valence-corrected chi connectivity index (χ2v) is 4.70. The highest BCUT2D eigenvalue weighted by Crippen LogP contribution is 2.18. The topological polar surface area (TPSA) is 33.3 Å². The van der Waals surface area contributed by atoms with Crippen LogP contribution in [0.2, 0.25) is 0 Å². The van der Waals surface area contributed by atoms with E-state index in [9.17, 15) is 0 Å². The van der Waals surface area contributed by atoms with Crippen LogP contribution in [-0.4, -0.2) is 26.2 Å². The van der Waals surface area contributed by atoms with Crippen molar-refractivity contribution in [1.82, 2.24) is 10.6 Å². The number of nitrogens with one attached hydrogen (secondary N) is 2. The molecule has 1 aliphatic heterocycles. The third-order valence-corrected chi connectivity index (χ3v) is 3.40. The Morgan fingerprint density at radius 3 is 2.71 bits per heavy atom. The van der Waals surface area contributed by atoms with Gasteiger partial charge in [-0.25, -0.2) is 0 Å². The second kappa shape index (κ2) is 6.03. The molecule has 3 nitrogen and oxygen atoms in total. The highest BCUT2D eigenvalue weighted by Gasteiger charge is 2.15. The van der Waals surface area contributed by atoms with Gasteiger partial charge in [0.1, 0.15) is 5.75 Å². The Balaban J connectivity index is 1.91. The first-order chi connectivity index (χ1) is 8.29. The van der Waals surface area contributed by atoms with E-state index in [0.717, 1.165) is 18.8 Å². The van der Waals surface area contributed by atoms with E-state index in [2.05, 4.69) is 29.7 Å². The van der Waals surface area contributed by atoms with Gasteiger partial charge in [-0.15, -0.1) is 0 Å². The van der Waals surface area contributed by atoms with E-state index in [-0.39, 0.29) is 0 Å². The highest BCUT2D eigenvalue weighted by molar-refractivity contribution is 5.28. The van der Waals surface area contributed by atoms with Gasteiger partial charge in [0.2, 0.25) is 0 Å². The lowest BCUT2D eigenvalue weighted by molar-refractivity contribution is 0.362. The molecular formula is C14H22N2O. The molecule has 1 heterocycles. The van der Waals surface area contributed by atoms with Crippen LogP contribution in [0.5, 0.6) is 5.75 Å². The lowest BCUT2D eigenvalue weighted by atomic mass is 10.0. The molecular weight excluding hydrogens is 212 g/mol. The first kappa shape index (κ1) is 12.4. The van der Waals surface area contributed by atoms with Crippen LogP contribution in [0.4, 0.5) is 0 Å². The average Bonchev–Trinajstić information content (AvgIpc) is 2.40. The molecule has 94 valence electrons. The van der Waals surface area contributed by atoms with Crippen molar-refractivity contribution in [3.63, 3.8) is 0 Å². The van der Waals surface area contributed by atoms with Crippen molar-refractivity contribution in [2.75, 3.05) is 20.2 Å². The smallest absolute Gasteiger partial charge is 0.118 e. The van der Waals surface area contributed by atoms with Crippen molar-refractivity contribution >= 4 is 0 Å². The van der Waals surface area contributed by atoms with Crippen LogP contribution >= 0.6 is 0 Å². The van der Waals surface area contributed by atoms with Crippen LogP contribution < -0.4 is 15.4 Å². The molecule has 17 heavy (non-hydrogen) atoms. The summed E-state index contributed by atoms with van der Waals surface area (Å²) < 4.78 is 5.17. The van der Waals surface area contributed by atoms with Crippen LogP contribution in [0.25, 0.3) is 0 Å². The van der Waals surface area contributed by atoms with Crippen LogP contribution in [0.1, 0.15) is 31.4 Å². The number of hydrogen-bond donors (Lipinski definition) is 2. The zero-order chi connectivity index (χ0) is 12.1. The fourth-order valence-corrected chi connectivity index (χ4v) is 2.34. The Morgan fingerprint density at radius 2 is 2.12 bits per heavy atom. The number of hydrogen-bond acceptors (Lipinski definition) is 3. The normalized spacial score (nSPS) is 22.1. The van der Waals surface area contributed by atoms with E-state index in [0.29, 0.717) is 12.1 Å². The second-order valence-electron chi connectivity index (χ2n) is 4.70. The zero-order valence-electron chi connectivity index (χ0n) is 10.7. The molecule has 0 radical (unpaired) electrons. The molecule has 3 heteroatoms. The van der Waals surface area contributed by atoms with Gasteiger partial charge >= 0.3 is 0 Å². The maximum absolute atomic E-state index is 5.17. The van der Waals surface area contributed by atoms with Crippen LogP contribution in [0.15, 0.2) is 24.3 Å². The van der Waals surface area contributed by atoms with E-state index in [1.165, 1.54) is 18.4 Å². The van der Waals surface area contributed by atoms with Gasteiger partial charge in [0.05, 0.1) is 7.11 Å². The molecule has 1 aliphatic rings. The number of rotatable bonds is 4. The van der Waals surface area contributed by atoms with Gasteiger partial charge in [0, 0.05) is 18.6 Å². The Morgan fingerprint density at radius 1 is 1.35 bits per heavy atom. The van der Waals surface area contributed by atoms with Gasteiger partial charge in [-0.2, -0.15) is 0 Å². The Hall–Kier alpha value is -1.06. The number of benzene rings is 1. The molecule has 1 saturated heterocycles. The van der Waals surface area contributed by atoms with Crippen LogP contribution in [-0.2, 0) is 0 Å². The Labute approximate surface area is 104 Å². The molecule has 2 rings (SSSR count). The minimum Gasteiger partial charge on any atom is -0.497 e. The van der Waals surface area contributed by atoms with Gasteiger partial charge in [-0.3, -0.25) is 0 Å². The van der Waals surface area contributed by atoms with Crippen molar-refractivity contribution in [3.8, 4) is 5.75 Å². The summed E-state index contributed by atoms with van der Waals surface area (Å²) in [4.78, 5) is 0. The number of ether oxygens (including phenoxy) is 1. The summed E-state index contributed by atoms with van der Waals surface area (Å²) in [7, 11) is 1.70. The lowest BCUT2D eigenvalue weighted by Gasteiger charge is -2.27. The fourth-order valence-electron chi connectivity index (χ4n) is 2.34. The fraction of sp³-hybridized carbons (Fsp3) is 0.571. The van der Waals surface area contributed by atoms with Crippen LogP contribution in [0.3, 0.4) is 0 Å². The molecule has 0 aliphatic carbocycles. The molecule has 2 unspecified atom stereocenters. The molecule has 1 fully saturated rings. The molecule has 0 bridgehead atoms. The van der Waals surface area contributed by atoms with Crippen LogP contribution in [0, 0.1) is 0 Å². The summed E-state index contributed by atoms with van der Waals surface area (Å²) in [5.74, 6) is 0.917. The van der Waals surface area contributed by atoms with Gasteiger partial charge in [0.25, 0.3) is 0 Å². The van der Waals surface area contributed by atoms with E-state index in [1.807, 2.05) is 12.1 Å². The van der Waals surface area contributed by atoms with Crippen molar-refractivity contribution in [1.29, 1.82) is 0 Å². The predicted molar refractivity (Wildman–Crippen MR) is 70.4 cm³/mol. The third-order valence-electron chi connectivity index (χ3n) is 3.40. The minimum atomic E-state index is 0.394. The number of methoxy groups -OCH3 is 1. The monoisotopic (exact) mass is 234 g/mol. The zero-order valence-corrected chi connectivity index (χ0v) is 10.7. The lowest BCUT2D eigenvalue weighted by Crippen LogP contribution is -2.43. The van der Waals surface area contributed by atoms with E-state index < -0.39 is 0 Å². The summed E-state index contributed by atoms with van der Waals surface area (Å²) in [6.07, 6.45) is 2.54. The molecule has 0 saturated carbocycles. The van der Waals surface area contributed by atoms with E-state index in [4.69, 9.17) is 4.74 Å². The predicted octanol–water partition coefficient (Wildman–Crippen LogP) is 2.10. The summed E-state index contributed by atoms with van der Waals surface area (Å²) in [5.41, 5.74) is 1.32. The van der Waals surface area contributed by atoms with Crippen molar-refractivity contribution in [3.05, 3.63) is 29.8 Å². The summed E-state index contributed by atoms with van der Waals surface area (Å²) in [5, 5.41) is 7.10. The first-order valence-electron chi connectivity index (χ1n) is 6.40. The average molecular weight is 234 g/mol. The molecule has 1 aromatic rings.